The molecule has 1 aromatic carbocycles. The number of hydrogen-bond acceptors (Lipinski definition) is 4. The lowest BCUT2D eigenvalue weighted by Crippen LogP contribution is -2.12. The van der Waals surface area contributed by atoms with E-state index in [0.29, 0.717) is 23.7 Å². The number of aromatic nitrogens is 2. The number of aryl methyl sites for hydroxylation is 1. The van der Waals surface area contributed by atoms with Crippen molar-refractivity contribution in [2.24, 2.45) is 0 Å². The Labute approximate surface area is 122 Å². The van der Waals surface area contributed by atoms with Crippen LogP contribution in [0, 0.1) is 6.92 Å². The zero-order chi connectivity index (χ0) is 15.2. The maximum Gasteiger partial charge on any atom is 0.311 e. The predicted molar refractivity (Wildman–Crippen MR) is 78.1 cm³/mol. The number of esters is 1. The molecule has 6 heteroatoms. The summed E-state index contributed by atoms with van der Waals surface area (Å²) in [7, 11) is 0. The zero-order valence-corrected chi connectivity index (χ0v) is 12.0. The molecule has 2 N–H and O–H groups in total. The third-order valence-corrected chi connectivity index (χ3v) is 2.82. The molecular formula is C15H17N3O3. The van der Waals surface area contributed by atoms with Gasteiger partial charge >= 0.3 is 5.97 Å². The molecule has 1 aromatic heterocycles. The number of amides is 1. The van der Waals surface area contributed by atoms with Gasteiger partial charge in [-0.2, -0.15) is 5.10 Å². The first-order valence-electron chi connectivity index (χ1n) is 6.66. The van der Waals surface area contributed by atoms with E-state index in [1.54, 1.807) is 25.1 Å². The largest absolute Gasteiger partial charge is 0.466 e. The van der Waals surface area contributed by atoms with E-state index >= 15 is 0 Å². The van der Waals surface area contributed by atoms with Crippen molar-refractivity contribution in [2.75, 3.05) is 11.9 Å². The lowest BCUT2D eigenvalue weighted by molar-refractivity contribution is -0.142. The summed E-state index contributed by atoms with van der Waals surface area (Å²) >= 11 is 0. The summed E-state index contributed by atoms with van der Waals surface area (Å²) in [6.45, 7) is 4.04. The second-order valence-electron chi connectivity index (χ2n) is 4.57. The van der Waals surface area contributed by atoms with E-state index in [0.717, 1.165) is 5.56 Å². The van der Waals surface area contributed by atoms with Crippen molar-refractivity contribution in [3.8, 4) is 0 Å². The Morgan fingerprint density at radius 2 is 2.00 bits per heavy atom. The molecule has 0 atom stereocenters. The van der Waals surface area contributed by atoms with Gasteiger partial charge in [0.2, 0.25) is 0 Å². The van der Waals surface area contributed by atoms with Gasteiger partial charge in [-0.05, 0) is 26.0 Å². The molecule has 0 aliphatic rings. The van der Waals surface area contributed by atoms with Gasteiger partial charge in [-0.15, -0.1) is 0 Å². The van der Waals surface area contributed by atoms with E-state index in [2.05, 4.69) is 15.5 Å². The lowest BCUT2D eigenvalue weighted by Gasteiger charge is -2.02. The van der Waals surface area contributed by atoms with Crippen molar-refractivity contribution in [3.05, 3.63) is 47.2 Å². The molecule has 21 heavy (non-hydrogen) atoms. The maximum atomic E-state index is 12.0. The van der Waals surface area contributed by atoms with Gasteiger partial charge in [0, 0.05) is 11.6 Å². The first kappa shape index (κ1) is 14.8. The fourth-order valence-corrected chi connectivity index (χ4v) is 1.78. The number of nitrogens with one attached hydrogen (secondary N) is 2. The van der Waals surface area contributed by atoms with Crippen LogP contribution in [-0.2, 0) is 16.0 Å². The normalized spacial score (nSPS) is 10.2. The molecule has 0 spiro atoms. The van der Waals surface area contributed by atoms with Crippen LogP contribution in [0.5, 0.6) is 0 Å². The number of rotatable bonds is 5. The average Bonchev–Trinajstić information content (AvgIpc) is 2.86. The number of H-pyrrole nitrogens is 1. The van der Waals surface area contributed by atoms with Crippen LogP contribution >= 0.6 is 0 Å². The van der Waals surface area contributed by atoms with Crippen molar-refractivity contribution in [1.29, 1.82) is 0 Å². The fraction of sp³-hybridized carbons (Fsp3) is 0.267. The third kappa shape index (κ3) is 4.17. The van der Waals surface area contributed by atoms with Gasteiger partial charge in [0.15, 0.2) is 0 Å². The number of carbonyl (C=O) groups excluding carboxylic acids is 2. The van der Waals surface area contributed by atoms with E-state index < -0.39 is 0 Å². The molecule has 0 saturated heterocycles. The Hall–Kier alpha value is -2.63. The first-order valence-corrected chi connectivity index (χ1v) is 6.66. The Balaban J connectivity index is 1.97. The van der Waals surface area contributed by atoms with Gasteiger partial charge in [-0.25, -0.2) is 0 Å². The Morgan fingerprint density at radius 1 is 1.29 bits per heavy atom. The van der Waals surface area contributed by atoms with E-state index in [4.69, 9.17) is 4.74 Å². The molecule has 0 radical (unpaired) electrons. The summed E-state index contributed by atoms with van der Waals surface area (Å²) in [4.78, 5) is 23.3. The molecule has 0 saturated carbocycles. The molecular weight excluding hydrogens is 270 g/mol. The van der Waals surface area contributed by atoms with Crippen LogP contribution in [0.2, 0.25) is 0 Å². The van der Waals surface area contributed by atoms with Crippen molar-refractivity contribution >= 4 is 17.7 Å². The van der Waals surface area contributed by atoms with Gasteiger partial charge in [-0.3, -0.25) is 14.7 Å². The highest BCUT2D eigenvalue weighted by molar-refractivity contribution is 6.03. The molecule has 2 aromatic rings. The summed E-state index contributed by atoms with van der Waals surface area (Å²) in [5, 5.41) is 9.33. The molecule has 0 bridgehead atoms. The second kappa shape index (κ2) is 6.69. The molecule has 0 unspecified atom stereocenters. The number of anilines is 1. The molecule has 6 nitrogen and oxygen atoms in total. The van der Waals surface area contributed by atoms with E-state index in [1.165, 1.54) is 0 Å². The molecule has 1 amide bonds. The highest BCUT2D eigenvalue weighted by atomic mass is 16.5. The number of ether oxygens (including phenoxy) is 1. The van der Waals surface area contributed by atoms with Crippen LogP contribution in [0.3, 0.4) is 0 Å². The topological polar surface area (TPSA) is 84.1 Å². The zero-order valence-electron chi connectivity index (χ0n) is 12.0. The van der Waals surface area contributed by atoms with E-state index in [9.17, 15) is 9.59 Å². The molecule has 0 fully saturated rings. The van der Waals surface area contributed by atoms with Crippen LogP contribution in [0.15, 0.2) is 30.3 Å². The smallest absolute Gasteiger partial charge is 0.311 e. The number of nitrogens with zero attached hydrogens (tertiary/aromatic N) is 1. The van der Waals surface area contributed by atoms with Gasteiger partial charge in [-0.1, -0.05) is 17.7 Å². The van der Waals surface area contributed by atoms with Crippen LogP contribution in [-0.4, -0.2) is 28.7 Å². The van der Waals surface area contributed by atoms with Crippen LogP contribution in [0.1, 0.15) is 28.5 Å². The Morgan fingerprint density at radius 3 is 2.67 bits per heavy atom. The minimum atomic E-state index is -0.347. The van der Waals surface area contributed by atoms with E-state index in [-0.39, 0.29) is 18.3 Å². The fourth-order valence-electron chi connectivity index (χ4n) is 1.78. The highest BCUT2D eigenvalue weighted by Crippen LogP contribution is 2.10. The van der Waals surface area contributed by atoms with Gasteiger partial charge in [0.25, 0.3) is 5.91 Å². The van der Waals surface area contributed by atoms with E-state index in [1.807, 2.05) is 19.1 Å². The third-order valence-electron chi connectivity index (χ3n) is 2.82. The van der Waals surface area contributed by atoms with Gasteiger partial charge in [0.05, 0.1) is 18.7 Å². The number of hydrogen-bond donors (Lipinski definition) is 2. The van der Waals surface area contributed by atoms with Crippen molar-refractivity contribution in [2.45, 2.75) is 20.3 Å². The number of aromatic amines is 1. The lowest BCUT2D eigenvalue weighted by atomic mass is 10.1. The average molecular weight is 287 g/mol. The van der Waals surface area contributed by atoms with Crippen molar-refractivity contribution in [3.63, 3.8) is 0 Å². The molecule has 1 heterocycles. The van der Waals surface area contributed by atoms with Crippen LogP contribution < -0.4 is 5.32 Å². The molecule has 0 aliphatic carbocycles. The summed E-state index contributed by atoms with van der Waals surface area (Å²) in [5.74, 6) is -0.137. The molecule has 0 aliphatic heterocycles. The first-order chi connectivity index (χ1) is 10.1. The van der Waals surface area contributed by atoms with Gasteiger partial charge < -0.3 is 10.1 Å². The minimum absolute atomic E-state index is 0.0741. The predicted octanol–water partition coefficient (Wildman–Crippen LogP) is 2.08. The van der Waals surface area contributed by atoms with Crippen LogP contribution in [0.4, 0.5) is 5.82 Å². The summed E-state index contributed by atoms with van der Waals surface area (Å²) in [6, 6.07) is 8.85. The summed E-state index contributed by atoms with van der Waals surface area (Å²) in [6.07, 6.45) is 0.0741. The number of carbonyl (C=O) groups is 2. The Kier molecular flexibility index (Phi) is 4.71. The monoisotopic (exact) mass is 287 g/mol. The quantitative estimate of drug-likeness (QED) is 0.825. The standard InChI is InChI=1S/C15H17N3O3/c1-3-21-14(19)9-12-8-13(18-17-12)16-15(20)11-6-4-10(2)5-7-11/h4-8H,3,9H2,1-2H3,(H2,16,17,18,20). The van der Waals surface area contributed by atoms with Crippen molar-refractivity contribution in [1.82, 2.24) is 10.2 Å². The number of benzene rings is 1. The highest BCUT2D eigenvalue weighted by Gasteiger charge is 2.10. The van der Waals surface area contributed by atoms with Crippen LogP contribution in [0.25, 0.3) is 0 Å². The van der Waals surface area contributed by atoms with Gasteiger partial charge in [0.1, 0.15) is 5.82 Å². The molecule has 2 rings (SSSR count). The summed E-state index contributed by atoms with van der Waals surface area (Å²) in [5.41, 5.74) is 2.17. The van der Waals surface area contributed by atoms with Crippen molar-refractivity contribution < 1.29 is 14.3 Å². The second-order valence-corrected chi connectivity index (χ2v) is 4.57. The molecule has 110 valence electrons. The maximum absolute atomic E-state index is 12.0. The minimum Gasteiger partial charge on any atom is -0.466 e. The summed E-state index contributed by atoms with van der Waals surface area (Å²) < 4.78 is 4.84. The SMILES string of the molecule is CCOC(=O)Cc1cc(NC(=O)c2ccc(C)cc2)[nH]n1. The Bertz CT molecular complexity index is 632.